The summed E-state index contributed by atoms with van der Waals surface area (Å²) in [7, 11) is 2.51. The van der Waals surface area contributed by atoms with Crippen LogP contribution >= 0.6 is 0 Å². The fourth-order valence-corrected chi connectivity index (χ4v) is 8.06. The Hall–Kier alpha value is -2.94. The lowest BCUT2D eigenvalue weighted by atomic mass is 9.40. The molecule has 3 heterocycles. The Morgan fingerprint density at radius 2 is 1.88 bits per heavy atom. The molecule has 5 aliphatic rings. The molecule has 9 heteroatoms. The van der Waals surface area contributed by atoms with Crippen molar-refractivity contribution in [2.75, 3.05) is 25.7 Å². The number of carbonyl (C=O) groups is 4. The van der Waals surface area contributed by atoms with E-state index in [4.69, 9.17) is 9.47 Å². The molecule has 3 aliphatic heterocycles. The van der Waals surface area contributed by atoms with Crippen LogP contribution in [0.2, 0.25) is 0 Å². The van der Waals surface area contributed by atoms with Gasteiger partial charge in [0, 0.05) is 24.3 Å². The first-order valence-corrected chi connectivity index (χ1v) is 10.9. The number of hydrogen-bond donors (Lipinski definition) is 1. The first-order valence-electron chi connectivity index (χ1n) is 10.9. The molecule has 2 saturated carbocycles. The summed E-state index contributed by atoms with van der Waals surface area (Å²) in [6.45, 7) is 0.166. The van der Waals surface area contributed by atoms with Gasteiger partial charge in [0.05, 0.1) is 43.9 Å². The molecule has 3 unspecified atom stereocenters. The highest BCUT2D eigenvalue weighted by atomic mass is 16.5. The largest absolute Gasteiger partial charge is 0.467 e. The Morgan fingerprint density at radius 3 is 2.59 bits per heavy atom. The van der Waals surface area contributed by atoms with Gasteiger partial charge >= 0.3 is 12.1 Å². The molecule has 9 nitrogen and oxygen atoms in total. The number of fused-ring (bicyclic) bond motifs is 1. The zero-order chi connectivity index (χ0) is 22.6. The Bertz CT molecular complexity index is 1100. The molecule has 1 spiro atoms. The van der Waals surface area contributed by atoms with Crippen LogP contribution in [0.3, 0.4) is 0 Å². The number of Topliss-reactive ketones (excluding diaryl/α,β-unsaturated/α-hetero) is 1. The van der Waals surface area contributed by atoms with E-state index in [1.165, 1.54) is 19.1 Å². The van der Waals surface area contributed by atoms with Crippen LogP contribution in [0.4, 0.5) is 10.5 Å². The second-order valence-corrected chi connectivity index (χ2v) is 9.64. The SMILES string of the molecule is COC(=O)N1c2ccccc2[C@@]23C4CN5C(=O)CC(O)C(CC[C@]12C(=O)OC)(CC4=O)[C@H]53. The summed E-state index contributed by atoms with van der Waals surface area (Å²) in [5.74, 6) is -1.65. The number of ketones is 1. The van der Waals surface area contributed by atoms with Crippen molar-refractivity contribution in [3.63, 3.8) is 0 Å². The van der Waals surface area contributed by atoms with Crippen LogP contribution in [0.5, 0.6) is 0 Å². The summed E-state index contributed by atoms with van der Waals surface area (Å²) in [5, 5.41) is 11.2. The maximum Gasteiger partial charge on any atom is 0.415 e. The van der Waals surface area contributed by atoms with Crippen molar-refractivity contribution in [3.8, 4) is 0 Å². The Balaban J connectivity index is 1.76. The van der Waals surface area contributed by atoms with E-state index in [1.54, 1.807) is 23.1 Å². The van der Waals surface area contributed by atoms with Crippen molar-refractivity contribution in [2.45, 2.75) is 48.8 Å². The summed E-state index contributed by atoms with van der Waals surface area (Å²) in [4.78, 5) is 56.7. The number of rotatable bonds is 1. The number of amides is 2. The van der Waals surface area contributed by atoms with Crippen molar-refractivity contribution < 1.29 is 33.8 Å². The van der Waals surface area contributed by atoms with Gasteiger partial charge in [-0.1, -0.05) is 18.2 Å². The van der Waals surface area contributed by atoms with E-state index >= 15 is 0 Å². The average Bonchev–Trinajstić information content (AvgIpc) is 3.25. The highest BCUT2D eigenvalue weighted by Crippen LogP contribution is 2.74. The zero-order valence-corrected chi connectivity index (χ0v) is 17.9. The second-order valence-electron chi connectivity index (χ2n) is 9.64. The van der Waals surface area contributed by atoms with E-state index < -0.39 is 46.5 Å². The fraction of sp³-hybridized carbons (Fsp3) is 0.565. The molecule has 0 aromatic heterocycles. The van der Waals surface area contributed by atoms with Crippen molar-refractivity contribution in [1.29, 1.82) is 0 Å². The average molecular weight is 440 g/mol. The van der Waals surface area contributed by atoms with Crippen LogP contribution in [-0.2, 0) is 29.3 Å². The molecule has 0 radical (unpaired) electrons. The molecule has 2 saturated heterocycles. The van der Waals surface area contributed by atoms with Gasteiger partial charge in [-0.15, -0.1) is 0 Å². The molecule has 168 valence electrons. The lowest BCUT2D eigenvalue weighted by molar-refractivity contribution is -0.186. The lowest BCUT2D eigenvalue weighted by Crippen LogP contribution is -2.80. The third kappa shape index (κ3) is 1.73. The van der Waals surface area contributed by atoms with Gasteiger partial charge in [-0.3, -0.25) is 14.5 Å². The molecule has 2 amide bonds. The molecule has 2 aliphatic carbocycles. The summed E-state index contributed by atoms with van der Waals surface area (Å²) in [6.07, 6.45) is -1.10. The Labute approximate surface area is 184 Å². The molecular formula is C23H24N2O7. The second kappa shape index (κ2) is 5.89. The molecule has 1 aromatic carbocycles. The quantitative estimate of drug-likeness (QED) is 0.642. The summed E-state index contributed by atoms with van der Waals surface area (Å²) >= 11 is 0. The topological polar surface area (TPSA) is 113 Å². The predicted octanol–water partition coefficient (Wildman–Crippen LogP) is 0.767. The molecule has 32 heavy (non-hydrogen) atoms. The van der Waals surface area contributed by atoms with Crippen LogP contribution in [-0.4, -0.2) is 72.2 Å². The normalized spacial score (nSPS) is 40.7. The number of piperidine rings is 1. The summed E-state index contributed by atoms with van der Waals surface area (Å²) < 4.78 is 10.4. The monoisotopic (exact) mass is 440 g/mol. The number of carbonyl (C=O) groups excluding carboxylic acids is 4. The highest BCUT2D eigenvalue weighted by Gasteiger charge is 2.86. The number of ether oxygens (including phenoxy) is 2. The first-order chi connectivity index (χ1) is 15.3. The number of aliphatic hydroxyl groups excluding tert-OH is 1. The summed E-state index contributed by atoms with van der Waals surface area (Å²) in [6, 6.07) is 6.53. The number of methoxy groups -OCH3 is 2. The van der Waals surface area contributed by atoms with Crippen LogP contribution in [0.1, 0.15) is 31.2 Å². The molecule has 4 fully saturated rings. The van der Waals surface area contributed by atoms with E-state index in [9.17, 15) is 24.3 Å². The van der Waals surface area contributed by atoms with Crippen molar-refractivity contribution in [3.05, 3.63) is 29.8 Å². The number of hydrogen-bond acceptors (Lipinski definition) is 7. The molecule has 6 atom stereocenters. The molecule has 6 rings (SSSR count). The molecule has 4 bridgehead atoms. The maximum atomic E-state index is 13.7. The van der Waals surface area contributed by atoms with Crippen LogP contribution < -0.4 is 4.90 Å². The number of anilines is 1. The van der Waals surface area contributed by atoms with Gasteiger partial charge in [0.25, 0.3) is 0 Å². The minimum atomic E-state index is -1.56. The number of benzene rings is 1. The van der Waals surface area contributed by atoms with Crippen molar-refractivity contribution >= 4 is 29.4 Å². The van der Waals surface area contributed by atoms with E-state index in [-0.39, 0.29) is 37.5 Å². The minimum Gasteiger partial charge on any atom is -0.467 e. The highest BCUT2D eigenvalue weighted by molar-refractivity contribution is 6.07. The van der Waals surface area contributed by atoms with Crippen LogP contribution in [0.25, 0.3) is 0 Å². The van der Waals surface area contributed by atoms with Gasteiger partial charge in [0.15, 0.2) is 5.54 Å². The van der Waals surface area contributed by atoms with Crippen LogP contribution in [0.15, 0.2) is 24.3 Å². The lowest BCUT2D eigenvalue weighted by Gasteiger charge is -2.65. The standard InChI is InChI=1S/C23H24N2O7/c1-31-19(29)22-8-7-21-10-15(26)13-11-24(17(28)9-16(21)27)18(21)23(13,22)12-5-3-4-6-14(12)25(22)20(30)32-2/h3-6,13,16,18,27H,7-11H2,1-2H3/t13?,16?,18-,21?,22+,23-/m0/s1. The third-order valence-corrected chi connectivity index (χ3v) is 8.95. The number of para-hydroxylation sites is 1. The predicted molar refractivity (Wildman–Crippen MR) is 109 cm³/mol. The van der Waals surface area contributed by atoms with Crippen molar-refractivity contribution in [1.82, 2.24) is 4.90 Å². The van der Waals surface area contributed by atoms with Gasteiger partial charge in [0.1, 0.15) is 5.78 Å². The molecule has 1 aromatic rings. The van der Waals surface area contributed by atoms with Crippen LogP contribution in [0, 0.1) is 11.3 Å². The Kier molecular flexibility index (Phi) is 3.63. The smallest absolute Gasteiger partial charge is 0.415 e. The van der Waals surface area contributed by atoms with Gasteiger partial charge < -0.3 is 19.5 Å². The van der Waals surface area contributed by atoms with Gasteiger partial charge in [-0.25, -0.2) is 9.59 Å². The van der Waals surface area contributed by atoms with E-state index in [1.807, 2.05) is 6.07 Å². The minimum absolute atomic E-state index is 0.0415. The summed E-state index contributed by atoms with van der Waals surface area (Å²) in [5.41, 5.74) is -2.49. The van der Waals surface area contributed by atoms with Crippen molar-refractivity contribution in [2.24, 2.45) is 11.3 Å². The van der Waals surface area contributed by atoms with Gasteiger partial charge in [0.2, 0.25) is 5.91 Å². The van der Waals surface area contributed by atoms with Gasteiger partial charge in [-0.05, 0) is 24.5 Å². The van der Waals surface area contributed by atoms with E-state index in [2.05, 4.69) is 0 Å². The molecular weight excluding hydrogens is 416 g/mol. The number of nitrogens with zero attached hydrogens (tertiary/aromatic N) is 2. The van der Waals surface area contributed by atoms with E-state index in [0.717, 1.165) is 0 Å². The zero-order valence-electron chi connectivity index (χ0n) is 17.9. The third-order valence-electron chi connectivity index (χ3n) is 8.95. The Morgan fingerprint density at radius 1 is 1.12 bits per heavy atom. The van der Waals surface area contributed by atoms with Gasteiger partial charge in [-0.2, -0.15) is 0 Å². The molecule has 1 N–H and O–H groups in total. The van der Waals surface area contributed by atoms with E-state index in [0.29, 0.717) is 17.7 Å². The number of esters is 1. The number of aliphatic hydroxyl groups is 1. The first kappa shape index (κ1) is 19.7. The maximum absolute atomic E-state index is 13.7. The fourth-order valence-electron chi connectivity index (χ4n) is 8.06.